The Kier molecular flexibility index (Phi) is 7.02. The highest BCUT2D eigenvalue weighted by Crippen LogP contribution is 2.38. The molecule has 0 saturated heterocycles. The highest BCUT2D eigenvalue weighted by molar-refractivity contribution is 5.84. The monoisotopic (exact) mass is 456 g/mol. The minimum Gasteiger partial charge on any atom is -0.207 e. The van der Waals surface area contributed by atoms with Crippen molar-refractivity contribution in [2.24, 2.45) is 5.92 Å². The molecule has 0 atom stereocenters. The van der Waals surface area contributed by atoms with Crippen molar-refractivity contribution in [2.75, 3.05) is 0 Å². The lowest BCUT2D eigenvalue weighted by Crippen LogP contribution is -2.15. The number of benzene rings is 3. The van der Waals surface area contributed by atoms with Crippen LogP contribution in [0.4, 0.5) is 22.0 Å². The molecule has 0 nitrogen and oxygen atoms in total. The second-order valence-electron chi connectivity index (χ2n) is 8.82. The SMILES string of the molecule is CCCCc1cc(F)c(C2CCC(C#Cc3ccc4c(F)c(F)c(F)cc4c3)CC2)c(F)c1. The molecule has 1 aliphatic carbocycles. The molecule has 0 amide bonds. The van der Waals surface area contributed by atoms with Gasteiger partial charge < -0.3 is 0 Å². The Morgan fingerprint density at radius 2 is 1.52 bits per heavy atom. The first-order chi connectivity index (χ1) is 15.9. The smallest absolute Gasteiger partial charge is 0.195 e. The maximum Gasteiger partial charge on any atom is 0.195 e. The Labute approximate surface area is 190 Å². The predicted molar refractivity (Wildman–Crippen MR) is 120 cm³/mol. The molecule has 33 heavy (non-hydrogen) atoms. The summed E-state index contributed by atoms with van der Waals surface area (Å²) in [5.74, 6) is 1.28. The number of aryl methyl sites for hydroxylation is 1. The summed E-state index contributed by atoms with van der Waals surface area (Å²) in [5, 5.41) is 0.250. The Balaban J connectivity index is 1.44. The van der Waals surface area contributed by atoms with Crippen molar-refractivity contribution in [2.45, 2.75) is 57.8 Å². The van der Waals surface area contributed by atoms with Gasteiger partial charge in [-0.05, 0) is 85.7 Å². The largest absolute Gasteiger partial charge is 0.207 e. The molecule has 0 bridgehead atoms. The molecular formula is C28H25F5. The Morgan fingerprint density at radius 3 is 2.18 bits per heavy atom. The first-order valence-corrected chi connectivity index (χ1v) is 11.4. The van der Waals surface area contributed by atoms with Crippen LogP contribution in [-0.4, -0.2) is 0 Å². The molecule has 0 aromatic heterocycles. The van der Waals surface area contributed by atoms with E-state index in [-0.39, 0.29) is 28.2 Å². The third-order valence-corrected chi connectivity index (χ3v) is 6.49. The van der Waals surface area contributed by atoms with Gasteiger partial charge >= 0.3 is 0 Å². The fourth-order valence-corrected chi connectivity index (χ4v) is 4.65. The summed E-state index contributed by atoms with van der Waals surface area (Å²) < 4.78 is 70.1. The average Bonchev–Trinajstić information content (AvgIpc) is 2.80. The Hall–Kier alpha value is -2.87. The second kappa shape index (κ2) is 9.95. The number of unbranched alkanes of at least 4 members (excludes halogenated alkanes) is 1. The van der Waals surface area contributed by atoms with Crippen LogP contribution in [0.2, 0.25) is 0 Å². The van der Waals surface area contributed by atoms with Crippen LogP contribution in [0.1, 0.15) is 68.1 Å². The van der Waals surface area contributed by atoms with E-state index in [2.05, 4.69) is 11.8 Å². The van der Waals surface area contributed by atoms with Gasteiger partial charge in [0.25, 0.3) is 0 Å². The van der Waals surface area contributed by atoms with Gasteiger partial charge in [-0.1, -0.05) is 31.3 Å². The lowest BCUT2D eigenvalue weighted by molar-refractivity contribution is 0.366. The number of fused-ring (bicyclic) bond motifs is 1. The topological polar surface area (TPSA) is 0 Å². The molecule has 1 saturated carbocycles. The highest BCUT2D eigenvalue weighted by Gasteiger charge is 2.26. The summed E-state index contributed by atoms with van der Waals surface area (Å²) in [6.45, 7) is 2.04. The molecule has 0 unspecified atom stereocenters. The minimum atomic E-state index is -1.48. The number of halogens is 5. The maximum absolute atomic E-state index is 14.7. The van der Waals surface area contributed by atoms with Gasteiger partial charge in [-0.3, -0.25) is 0 Å². The average molecular weight is 456 g/mol. The highest BCUT2D eigenvalue weighted by atomic mass is 19.2. The molecule has 1 aliphatic rings. The van der Waals surface area contributed by atoms with Crippen LogP contribution in [0, 0.1) is 46.8 Å². The maximum atomic E-state index is 14.7. The van der Waals surface area contributed by atoms with Crippen LogP contribution in [0.3, 0.4) is 0 Å². The molecule has 0 aliphatic heterocycles. The van der Waals surface area contributed by atoms with E-state index >= 15 is 0 Å². The summed E-state index contributed by atoms with van der Waals surface area (Å²) in [6.07, 6.45) is 5.29. The zero-order valence-corrected chi connectivity index (χ0v) is 18.5. The quantitative estimate of drug-likeness (QED) is 0.211. The number of hydrogen-bond donors (Lipinski definition) is 0. The van der Waals surface area contributed by atoms with Gasteiger partial charge in [0.1, 0.15) is 11.6 Å². The molecule has 5 heteroatoms. The minimum absolute atomic E-state index is 0.00437. The van der Waals surface area contributed by atoms with Crippen molar-refractivity contribution in [3.63, 3.8) is 0 Å². The second-order valence-corrected chi connectivity index (χ2v) is 8.82. The van der Waals surface area contributed by atoms with Gasteiger partial charge in [0, 0.05) is 22.4 Å². The van der Waals surface area contributed by atoms with Crippen molar-refractivity contribution in [1.82, 2.24) is 0 Å². The molecule has 172 valence electrons. The summed E-state index contributed by atoms with van der Waals surface area (Å²) in [5.41, 5.74) is 1.47. The summed E-state index contributed by atoms with van der Waals surface area (Å²) >= 11 is 0. The van der Waals surface area contributed by atoms with Crippen LogP contribution in [-0.2, 0) is 6.42 Å². The van der Waals surface area contributed by atoms with Crippen LogP contribution in [0.5, 0.6) is 0 Å². The van der Waals surface area contributed by atoms with Gasteiger partial charge in [-0.15, -0.1) is 0 Å². The molecule has 0 radical (unpaired) electrons. The van der Waals surface area contributed by atoms with Gasteiger partial charge in [-0.2, -0.15) is 0 Å². The van der Waals surface area contributed by atoms with Crippen LogP contribution in [0.25, 0.3) is 10.8 Å². The first-order valence-electron chi connectivity index (χ1n) is 11.4. The van der Waals surface area contributed by atoms with E-state index in [0.717, 1.165) is 31.7 Å². The van der Waals surface area contributed by atoms with E-state index in [9.17, 15) is 22.0 Å². The zero-order valence-electron chi connectivity index (χ0n) is 18.5. The fraction of sp³-hybridized carbons (Fsp3) is 0.357. The number of rotatable bonds is 4. The van der Waals surface area contributed by atoms with Crippen LogP contribution >= 0.6 is 0 Å². The Morgan fingerprint density at radius 1 is 0.818 bits per heavy atom. The van der Waals surface area contributed by atoms with E-state index in [4.69, 9.17) is 0 Å². The predicted octanol–water partition coefficient (Wildman–Crippen LogP) is 8.20. The van der Waals surface area contributed by atoms with Gasteiger partial charge in [0.15, 0.2) is 17.5 Å². The molecule has 0 N–H and O–H groups in total. The van der Waals surface area contributed by atoms with E-state index in [0.29, 0.717) is 30.4 Å². The number of hydrogen-bond acceptors (Lipinski definition) is 0. The summed E-state index contributed by atoms with van der Waals surface area (Å²) in [4.78, 5) is 0. The Bertz CT molecular complexity index is 1200. The summed E-state index contributed by atoms with van der Waals surface area (Å²) in [7, 11) is 0. The van der Waals surface area contributed by atoms with E-state index in [1.54, 1.807) is 6.07 Å². The van der Waals surface area contributed by atoms with Crippen LogP contribution in [0.15, 0.2) is 36.4 Å². The van der Waals surface area contributed by atoms with E-state index in [1.807, 2.05) is 6.92 Å². The third-order valence-electron chi connectivity index (χ3n) is 6.49. The van der Waals surface area contributed by atoms with E-state index < -0.39 is 29.1 Å². The molecule has 1 fully saturated rings. The van der Waals surface area contributed by atoms with E-state index in [1.165, 1.54) is 24.3 Å². The standard InChI is InChI=1S/C28H25F5/c1-2-3-4-19-14-23(29)26(24(30)15-19)20-10-7-17(8-11-20)5-6-18-9-12-22-21(13-18)16-25(31)28(33)27(22)32/h9,12-17,20H,2-4,7-8,10-11H2,1H3. The zero-order chi connectivity index (χ0) is 23.5. The lowest BCUT2D eigenvalue weighted by Gasteiger charge is -2.26. The molecule has 0 heterocycles. The molecule has 4 rings (SSSR count). The molecular weight excluding hydrogens is 431 g/mol. The van der Waals surface area contributed by atoms with Crippen molar-refractivity contribution in [3.05, 3.63) is 82.2 Å². The lowest BCUT2D eigenvalue weighted by atomic mass is 9.78. The molecule has 0 spiro atoms. The first kappa shape index (κ1) is 23.3. The van der Waals surface area contributed by atoms with Crippen molar-refractivity contribution < 1.29 is 22.0 Å². The van der Waals surface area contributed by atoms with Gasteiger partial charge in [0.05, 0.1) is 0 Å². The van der Waals surface area contributed by atoms with Crippen molar-refractivity contribution >= 4 is 10.8 Å². The van der Waals surface area contributed by atoms with Crippen LogP contribution < -0.4 is 0 Å². The molecule has 3 aromatic rings. The normalized spacial score (nSPS) is 18.2. The van der Waals surface area contributed by atoms with Crippen molar-refractivity contribution in [1.29, 1.82) is 0 Å². The fourth-order valence-electron chi connectivity index (χ4n) is 4.65. The van der Waals surface area contributed by atoms with Gasteiger partial charge in [-0.25, -0.2) is 22.0 Å². The van der Waals surface area contributed by atoms with Crippen molar-refractivity contribution in [3.8, 4) is 11.8 Å². The van der Waals surface area contributed by atoms with Gasteiger partial charge in [0.2, 0.25) is 0 Å². The third kappa shape index (κ3) is 5.05. The summed E-state index contributed by atoms with van der Waals surface area (Å²) in [6, 6.07) is 8.40. The molecule has 3 aromatic carbocycles.